The number of aliphatic hydroxyl groups is 1. The van der Waals surface area contributed by atoms with Gasteiger partial charge in [-0.1, -0.05) is 54.6 Å². The van der Waals surface area contributed by atoms with Gasteiger partial charge in [-0.3, -0.25) is 14.4 Å². The third-order valence-electron chi connectivity index (χ3n) is 9.33. The fourth-order valence-corrected chi connectivity index (χ4v) is 6.73. The summed E-state index contributed by atoms with van der Waals surface area (Å²) in [5.74, 6) is -0.850. The summed E-state index contributed by atoms with van der Waals surface area (Å²) in [6.45, 7) is 5.48. The topological polar surface area (TPSA) is 130 Å². The van der Waals surface area contributed by atoms with Crippen LogP contribution < -0.4 is 15.5 Å². The molecule has 3 aromatic rings. The van der Waals surface area contributed by atoms with E-state index >= 15 is 0 Å². The molecule has 3 aromatic carbocycles. The molecule has 3 N–H and O–H groups in total. The average Bonchev–Trinajstić information content (AvgIpc) is 3.40. The highest BCUT2D eigenvalue weighted by atomic mass is 16.7. The van der Waals surface area contributed by atoms with Gasteiger partial charge in [0.1, 0.15) is 5.54 Å². The van der Waals surface area contributed by atoms with Gasteiger partial charge in [0, 0.05) is 49.9 Å². The number of ether oxygens (including phenoxy) is 3. The Morgan fingerprint density at radius 3 is 2.34 bits per heavy atom. The fourth-order valence-electron chi connectivity index (χ4n) is 6.73. The van der Waals surface area contributed by atoms with Crippen molar-refractivity contribution in [1.82, 2.24) is 10.2 Å². The number of likely N-dealkylation sites (tertiary alicyclic amines) is 1. The molecule has 0 saturated carbocycles. The van der Waals surface area contributed by atoms with E-state index in [9.17, 15) is 19.5 Å². The summed E-state index contributed by atoms with van der Waals surface area (Å²) in [5, 5.41) is 15.4. The SMILES string of the molecule is CC(=O)OC(C)C(=O)Nc1ccc(C2OC(CN3CCC4(CC3)C(=O)NCN4c3ccccc3)CC(c3ccc(CO)cc3)O2)cc1. The fraction of sp³-hybridized carbons (Fsp3) is 0.417. The number of amides is 2. The molecule has 3 saturated heterocycles. The Hall–Kier alpha value is -4.29. The molecule has 248 valence electrons. The lowest BCUT2D eigenvalue weighted by Crippen LogP contribution is -2.57. The van der Waals surface area contributed by atoms with E-state index < -0.39 is 29.8 Å². The highest BCUT2D eigenvalue weighted by Gasteiger charge is 2.50. The van der Waals surface area contributed by atoms with Crippen LogP contribution in [0.15, 0.2) is 78.9 Å². The number of carbonyl (C=O) groups excluding carboxylic acids is 3. The number of nitrogens with one attached hydrogen (secondary N) is 2. The highest BCUT2D eigenvalue weighted by molar-refractivity contribution is 5.95. The molecule has 11 nitrogen and oxygen atoms in total. The van der Waals surface area contributed by atoms with Crippen molar-refractivity contribution in [2.45, 2.75) is 69.9 Å². The molecule has 11 heteroatoms. The van der Waals surface area contributed by atoms with Crippen LogP contribution in [0.4, 0.5) is 11.4 Å². The van der Waals surface area contributed by atoms with Crippen molar-refractivity contribution >= 4 is 29.2 Å². The second kappa shape index (κ2) is 14.2. The van der Waals surface area contributed by atoms with Crippen LogP contribution in [0.2, 0.25) is 0 Å². The Morgan fingerprint density at radius 2 is 1.68 bits per heavy atom. The normalized spacial score (nSPS) is 23.3. The number of benzene rings is 3. The summed E-state index contributed by atoms with van der Waals surface area (Å²) < 4.78 is 18.0. The Balaban J connectivity index is 1.14. The molecule has 3 aliphatic rings. The third kappa shape index (κ3) is 7.33. The number of carbonyl (C=O) groups is 3. The largest absolute Gasteiger partial charge is 0.453 e. The molecule has 4 atom stereocenters. The van der Waals surface area contributed by atoms with Crippen molar-refractivity contribution in [2.75, 3.05) is 36.5 Å². The van der Waals surface area contributed by atoms with E-state index in [1.807, 2.05) is 54.6 Å². The van der Waals surface area contributed by atoms with Crippen molar-refractivity contribution in [1.29, 1.82) is 0 Å². The molecule has 0 aromatic heterocycles. The molecule has 0 bridgehead atoms. The molecule has 2 amide bonds. The molecule has 3 aliphatic heterocycles. The van der Waals surface area contributed by atoms with E-state index in [0.717, 1.165) is 48.3 Å². The number of hydrogen-bond donors (Lipinski definition) is 3. The van der Waals surface area contributed by atoms with E-state index in [1.54, 1.807) is 12.1 Å². The van der Waals surface area contributed by atoms with Gasteiger partial charge in [-0.25, -0.2) is 0 Å². The van der Waals surface area contributed by atoms with E-state index in [4.69, 9.17) is 14.2 Å². The van der Waals surface area contributed by atoms with E-state index in [-0.39, 0.29) is 24.7 Å². The summed E-state index contributed by atoms with van der Waals surface area (Å²) in [4.78, 5) is 41.4. The first-order valence-electron chi connectivity index (χ1n) is 16.2. The molecule has 0 aliphatic carbocycles. The lowest BCUT2D eigenvalue weighted by Gasteiger charge is -2.45. The van der Waals surface area contributed by atoms with Crippen molar-refractivity contribution in [3.63, 3.8) is 0 Å². The zero-order valence-electron chi connectivity index (χ0n) is 26.8. The van der Waals surface area contributed by atoms with Gasteiger partial charge in [-0.15, -0.1) is 0 Å². The average molecular weight is 643 g/mol. The van der Waals surface area contributed by atoms with Gasteiger partial charge in [0.25, 0.3) is 5.91 Å². The predicted molar refractivity (Wildman–Crippen MR) is 175 cm³/mol. The molecular weight excluding hydrogens is 600 g/mol. The summed E-state index contributed by atoms with van der Waals surface area (Å²) in [6.07, 6.45) is 0.148. The van der Waals surface area contributed by atoms with E-state index in [1.165, 1.54) is 13.8 Å². The van der Waals surface area contributed by atoms with Crippen LogP contribution in [-0.2, 0) is 35.2 Å². The number of esters is 1. The molecule has 6 rings (SSSR count). The molecule has 47 heavy (non-hydrogen) atoms. The summed E-state index contributed by atoms with van der Waals surface area (Å²) in [6, 6.07) is 25.1. The minimum absolute atomic E-state index is 0.0289. The molecule has 3 heterocycles. The highest BCUT2D eigenvalue weighted by Crippen LogP contribution is 2.40. The minimum Gasteiger partial charge on any atom is -0.453 e. The number of para-hydroxylation sites is 1. The van der Waals surface area contributed by atoms with Gasteiger partial charge in [0.2, 0.25) is 5.91 Å². The van der Waals surface area contributed by atoms with Gasteiger partial charge in [0.05, 0.1) is 25.5 Å². The number of aliphatic hydroxyl groups excluding tert-OH is 1. The molecule has 1 spiro atoms. The summed E-state index contributed by atoms with van der Waals surface area (Å²) in [7, 11) is 0. The Kier molecular flexibility index (Phi) is 9.88. The van der Waals surface area contributed by atoms with Crippen LogP contribution in [0.3, 0.4) is 0 Å². The van der Waals surface area contributed by atoms with Gasteiger partial charge < -0.3 is 39.8 Å². The first-order valence-corrected chi connectivity index (χ1v) is 16.2. The standard InChI is InChI=1S/C36H42N4O7/c1-24(45-25(2)42)33(43)38-29-14-12-28(13-15-29)34-46-31(20-32(47-34)27-10-8-26(22-41)9-11-27)21-39-18-16-36(17-19-39)35(44)37-23-40(36)30-6-4-3-5-7-30/h3-15,24,31-32,34,41H,16-23H2,1-2H3,(H,37,44)(H,38,43). The van der Waals surface area contributed by atoms with Crippen LogP contribution >= 0.6 is 0 Å². The minimum atomic E-state index is -0.912. The van der Waals surface area contributed by atoms with Crippen molar-refractivity contribution < 1.29 is 33.7 Å². The summed E-state index contributed by atoms with van der Waals surface area (Å²) >= 11 is 0. The predicted octanol–water partition coefficient (Wildman–Crippen LogP) is 4.04. The maximum absolute atomic E-state index is 13.2. The lowest BCUT2D eigenvalue weighted by atomic mass is 9.85. The van der Waals surface area contributed by atoms with E-state index in [2.05, 4.69) is 32.6 Å². The number of hydrogen-bond acceptors (Lipinski definition) is 9. The Labute approximate surface area is 274 Å². The smallest absolute Gasteiger partial charge is 0.303 e. The first-order chi connectivity index (χ1) is 22.7. The molecular formula is C36H42N4O7. The van der Waals surface area contributed by atoms with Crippen LogP contribution in [0.25, 0.3) is 0 Å². The maximum Gasteiger partial charge on any atom is 0.303 e. The number of nitrogens with zero attached hydrogens (tertiary/aromatic N) is 2. The van der Waals surface area contributed by atoms with Crippen LogP contribution in [0, 0.1) is 0 Å². The molecule has 4 unspecified atom stereocenters. The maximum atomic E-state index is 13.2. The van der Waals surface area contributed by atoms with Crippen molar-refractivity contribution in [3.05, 3.63) is 95.6 Å². The Bertz CT molecular complexity index is 1540. The molecule has 3 fully saturated rings. The summed E-state index contributed by atoms with van der Waals surface area (Å²) in [5.41, 5.74) is 3.69. The molecule has 0 radical (unpaired) electrons. The second-order valence-corrected chi connectivity index (χ2v) is 12.5. The number of rotatable bonds is 9. The van der Waals surface area contributed by atoms with Gasteiger partial charge in [-0.2, -0.15) is 0 Å². The zero-order chi connectivity index (χ0) is 33.0. The Morgan fingerprint density at radius 1 is 1.00 bits per heavy atom. The lowest BCUT2D eigenvalue weighted by molar-refractivity contribution is -0.253. The monoisotopic (exact) mass is 642 g/mol. The van der Waals surface area contributed by atoms with Crippen molar-refractivity contribution in [3.8, 4) is 0 Å². The zero-order valence-corrected chi connectivity index (χ0v) is 26.8. The van der Waals surface area contributed by atoms with Gasteiger partial charge >= 0.3 is 5.97 Å². The van der Waals surface area contributed by atoms with Crippen LogP contribution in [-0.4, -0.2) is 71.8 Å². The number of piperidine rings is 1. The third-order valence-corrected chi connectivity index (χ3v) is 9.33. The van der Waals surface area contributed by atoms with Gasteiger partial charge in [0.15, 0.2) is 12.4 Å². The quantitative estimate of drug-likeness (QED) is 0.296. The van der Waals surface area contributed by atoms with E-state index in [0.29, 0.717) is 25.3 Å². The second-order valence-electron chi connectivity index (χ2n) is 12.5. The van der Waals surface area contributed by atoms with Gasteiger partial charge in [-0.05, 0) is 55.2 Å². The van der Waals surface area contributed by atoms with Crippen LogP contribution in [0.5, 0.6) is 0 Å². The van der Waals surface area contributed by atoms with Crippen LogP contribution in [0.1, 0.15) is 62.2 Å². The number of anilines is 2. The van der Waals surface area contributed by atoms with Crippen molar-refractivity contribution in [2.24, 2.45) is 0 Å². The first kappa shape index (κ1) is 32.6.